The van der Waals surface area contributed by atoms with E-state index in [0.717, 1.165) is 27.3 Å². The van der Waals surface area contributed by atoms with Crippen molar-refractivity contribution < 1.29 is 18.8 Å². The Kier molecular flexibility index (Phi) is 7.62. The molecule has 10 heteroatoms. The fourth-order valence-electron chi connectivity index (χ4n) is 4.81. The summed E-state index contributed by atoms with van der Waals surface area (Å²) in [5.74, 6) is -1.57. The molecule has 2 unspecified atom stereocenters. The second kappa shape index (κ2) is 10.4. The van der Waals surface area contributed by atoms with Crippen LogP contribution in [0.4, 0.5) is 4.39 Å². The van der Waals surface area contributed by atoms with Crippen LogP contribution in [0.3, 0.4) is 0 Å². The lowest BCUT2D eigenvalue weighted by molar-refractivity contribution is -0.145. The predicted octanol–water partition coefficient (Wildman–Crippen LogP) is 3.82. The topological polar surface area (TPSA) is 115 Å². The molecule has 2 fully saturated rings. The Morgan fingerprint density at radius 1 is 1.29 bits per heavy atom. The van der Waals surface area contributed by atoms with E-state index in [1.807, 2.05) is 38.1 Å². The molecule has 1 aromatic heterocycles. The molecule has 1 saturated carbocycles. The van der Waals surface area contributed by atoms with Gasteiger partial charge in [-0.15, -0.1) is 11.3 Å². The second-order valence-electron chi connectivity index (χ2n) is 11.4. The molecule has 1 saturated heterocycles. The number of amides is 3. The Balaban J connectivity index is 1.46. The number of alkyl halides is 1. The fourth-order valence-corrected chi connectivity index (χ4v) is 5.61. The summed E-state index contributed by atoms with van der Waals surface area (Å²) >= 11 is 1.57. The van der Waals surface area contributed by atoms with Crippen LogP contribution in [0.2, 0.25) is 0 Å². The Labute approximate surface area is 226 Å². The van der Waals surface area contributed by atoms with E-state index < -0.39 is 46.8 Å². The van der Waals surface area contributed by atoms with Gasteiger partial charge in [-0.2, -0.15) is 5.26 Å². The summed E-state index contributed by atoms with van der Waals surface area (Å²) in [6.07, 6.45) is -0.571. The number of carbonyl (C=O) groups excluding carboxylic acids is 3. The van der Waals surface area contributed by atoms with Gasteiger partial charge in [0.05, 0.1) is 22.2 Å². The maximum Gasteiger partial charge on any atom is 0.246 e. The third-order valence-corrected chi connectivity index (χ3v) is 8.44. The maximum atomic E-state index is 15.0. The number of nitrogens with zero attached hydrogens (tertiary/aromatic N) is 3. The molecule has 4 rings (SSSR count). The van der Waals surface area contributed by atoms with Gasteiger partial charge >= 0.3 is 0 Å². The van der Waals surface area contributed by atoms with Gasteiger partial charge in [-0.1, -0.05) is 39.0 Å². The first-order valence-electron chi connectivity index (χ1n) is 12.8. The molecule has 202 valence electrons. The number of likely N-dealkylation sites (tertiary alicyclic amines) is 1. The zero-order chi connectivity index (χ0) is 27.8. The molecule has 3 atom stereocenters. The Hall–Kier alpha value is -3.32. The quantitative estimate of drug-likeness (QED) is 0.555. The summed E-state index contributed by atoms with van der Waals surface area (Å²) in [4.78, 5) is 46.2. The van der Waals surface area contributed by atoms with E-state index in [-0.39, 0.29) is 19.5 Å². The first-order valence-corrected chi connectivity index (χ1v) is 13.7. The number of nitrogens with one attached hydrogen (secondary N) is 2. The number of rotatable bonds is 7. The van der Waals surface area contributed by atoms with Crippen molar-refractivity contribution in [3.05, 3.63) is 40.5 Å². The highest BCUT2D eigenvalue weighted by atomic mass is 32.1. The SMILES string of the molecule is Cc1cc(-c2scnc2C)ccc1CNC(=O)C1[C@@H](F)CCN1C(=O)C(NC(=O)C1(C#N)CC1)C(C)(C)C. The van der Waals surface area contributed by atoms with Gasteiger partial charge in [0.2, 0.25) is 17.7 Å². The number of aryl methyl sites for hydroxylation is 2. The average Bonchev–Trinajstić information content (AvgIpc) is 3.40. The van der Waals surface area contributed by atoms with Crippen LogP contribution in [-0.2, 0) is 20.9 Å². The molecular weight excluding hydrogens is 505 g/mol. The van der Waals surface area contributed by atoms with Crippen molar-refractivity contribution >= 4 is 29.1 Å². The number of benzene rings is 1. The van der Waals surface area contributed by atoms with Crippen molar-refractivity contribution in [3.63, 3.8) is 0 Å². The predicted molar refractivity (Wildman–Crippen MR) is 143 cm³/mol. The van der Waals surface area contributed by atoms with Gasteiger partial charge in [0.25, 0.3) is 0 Å². The molecule has 1 aliphatic heterocycles. The highest BCUT2D eigenvalue weighted by molar-refractivity contribution is 7.13. The van der Waals surface area contributed by atoms with Crippen molar-refractivity contribution in [3.8, 4) is 16.5 Å². The molecule has 2 heterocycles. The number of nitriles is 1. The molecule has 0 bridgehead atoms. The summed E-state index contributed by atoms with van der Waals surface area (Å²) in [6.45, 7) is 9.56. The van der Waals surface area contributed by atoms with Crippen LogP contribution in [0, 0.1) is 36.0 Å². The second-order valence-corrected chi connectivity index (χ2v) is 12.2. The molecule has 2 aromatic rings. The smallest absolute Gasteiger partial charge is 0.246 e. The first-order chi connectivity index (χ1) is 17.9. The standard InChI is InChI=1S/C28H34FN5O3S/c1-16-12-18(22-17(2)32-15-38-22)6-7-19(16)13-31-24(35)21-20(29)8-11-34(21)25(36)23(27(3,4)5)33-26(37)28(14-30)9-10-28/h6-7,12,15,20-21,23H,8-11,13H2,1-5H3,(H,31,35)(H,33,37)/t20-,21?,23?/m0/s1. The maximum absolute atomic E-state index is 15.0. The van der Waals surface area contributed by atoms with E-state index in [1.165, 1.54) is 4.90 Å². The number of carbonyl (C=O) groups is 3. The Bertz CT molecular complexity index is 1290. The molecule has 2 aliphatic rings. The van der Waals surface area contributed by atoms with Crippen LogP contribution >= 0.6 is 11.3 Å². The molecule has 38 heavy (non-hydrogen) atoms. The Morgan fingerprint density at radius 2 is 2.00 bits per heavy atom. The van der Waals surface area contributed by atoms with Crippen molar-refractivity contribution in [2.75, 3.05) is 6.54 Å². The zero-order valence-corrected chi connectivity index (χ0v) is 23.2. The lowest BCUT2D eigenvalue weighted by Gasteiger charge is -2.36. The van der Waals surface area contributed by atoms with E-state index in [2.05, 4.69) is 15.6 Å². The zero-order valence-electron chi connectivity index (χ0n) is 22.4. The van der Waals surface area contributed by atoms with Gasteiger partial charge in [-0.25, -0.2) is 9.37 Å². The molecule has 0 radical (unpaired) electrons. The number of halogens is 1. The van der Waals surface area contributed by atoms with Crippen molar-refractivity contribution in [1.29, 1.82) is 5.26 Å². The minimum Gasteiger partial charge on any atom is -0.350 e. The lowest BCUT2D eigenvalue weighted by Crippen LogP contribution is -2.59. The normalized spacial score (nSPS) is 20.9. The van der Waals surface area contributed by atoms with E-state index in [9.17, 15) is 24.0 Å². The minimum atomic E-state index is -1.51. The summed E-state index contributed by atoms with van der Waals surface area (Å²) in [5.41, 5.74) is 3.88. The monoisotopic (exact) mass is 539 g/mol. The van der Waals surface area contributed by atoms with Crippen molar-refractivity contribution in [1.82, 2.24) is 20.5 Å². The summed E-state index contributed by atoms with van der Waals surface area (Å²) in [7, 11) is 0. The van der Waals surface area contributed by atoms with Gasteiger partial charge in [0.15, 0.2) is 0 Å². The first kappa shape index (κ1) is 27.7. The highest BCUT2D eigenvalue weighted by Crippen LogP contribution is 2.45. The van der Waals surface area contributed by atoms with Gasteiger partial charge in [-0.3, -0.25) is 14.4 Å². The average molecular weight is 540 g/mol. The van der Waals surface area contributed by atoms with Crippen LogP contribution in [0.1, 0.15) is 56.9 Å². The van der Waals surface area contributed by atoms with Gasteiger partial charge < -0.3 is 15.5 Å². The lowest BCUT2D eigenvalue weighted by atomic mass is 9.85. The highest BCUT2D eigenvalue weighted by Gasteiger charge is 2.53. The van der Waals surface area contributed by atoms with Gasteiger partial charge in [-0.05, 0) is 55.2 Å². The Morgan fingerprint density at radius 3 is 2.55 bits per heavy atom. The van der Waals surface area contributed by atoms with Crippen LogP contribution < -0.4 is 10.6 Å². The van der Waals surface area contributed by atoms with E-state index in [1.54, 1.807) is 37.6 Å². The summed E-state index contributed by atoms with van der Waals surface area (Å²) < 4.78 is 15.0. The van der Waals surface area contributed by atoms with E-state index in [0.29, 0.717) is 12.8 Å². The van der Waals surface area contributed by atoms with Crippen LogP contribution in [-0.4, -0.2) is 52.4 Å². The third kappa shape index (κ3) is 5.44. The molecule has 1 aromatic carbocycles. The minimum absolute atomic E-state index is 0.0404. The summed E-state index contributed by atoms with van der Waals surface area (Å²) in [6, 6.07) is 5.71. The molecule has 1 aliphatic carbocycles. The largest absolute Gasteiger partial charge is 0.350 e. The van der Waals surface area contributed by atoms with Crippen LogP contribution in [0.15, 0.2) is 23.7 Å². The van der Waals surface area contributed by atoms with Crippen LogP contribution in [0.5, 0.6) is 0 Å². The van der Waals surface area contributed by atoms with Crippen LogP contribution in [0.25, 0.3) is 10.4 Å². The molecule has 8 nitrogen and oxygen atoms in total. The molecule has 2 N–H and O–H groups in total. The van der Waals surface area contributed by atoms with E-state index in [4.69, 9.17) is 0 Å². The number of hydrogen-bond donors (Lipinski definition) is 2. The molecule has 3 amide bonds. The third-order valence-electron chi connectivity index (χ3n) is 7.47. The number of hydrogen-bond acceptors (Lipinski definition) is 6. The summed E-state index contributed by atoms with van der Waals surface area (Å²) in [5, 5.41) is 14.9. The molecular formula is C28H34FN5O3S. The van der Waals surface area contributed by atoms with Gasteiger partial charge in [0, 0.05) is 13.1 Å². The van der Waals surface area contributed by atoms with Crippen molar-refractivity contribution in [2.24, 2.45) is 10.8 Å². The van der Waals surface area contributed by atoms with Crippen molar-refractivity contribution in [2.45, 2.75) is 78.7 Å². The van der Waals surface area contributed by atoms with Gasteiger partial charge in [0.1, 0.15) is 23.7 Å². The van der Waals surface area contributed by atoms with E-state index >= 15 is 0 Å². The number of aromatic nitrogens is 1. The number of thiazole rings is 1. The molecule has 0 spiro atoms. The fraction of sp³-hybridized carbons (Fsp3) is 0.536.